The molecule has 94 valence electrons. The molecule has 2 nitrogen and oxygen atoms in total. The van der Waals surface area contributed by atoms with Gasteiger partial charge in [0, 0.05) is 25.8 Å². The van der Waals surface area contributed by atoms with E-state index in [2.05, 4.69) is 19.2 Å². The van der Waals surface area contributed by atoms with E-state index < -0.39 is 0 Å². The molecule has 0 aromatic carbocycles. The van der Waals surface area contributed by atoms with E-state index in [1.54, 1.807) is 0 Å². The van der Waals surface area contributed by atoms with Crippen molar-refractivity contribution in [2.75, 3.05) is 19.8 Å². The quantitative estimate of drug-likeness (QED) is 0.794. The Morgan fingerprint density at radius 1 is 1.25 bits per heavy atom. The summed E-state index contributed by atoms with van der Waals surface area (Å²) >= 11 is 0. The Balaban J connectivity index is 1.70. The molecule has 2 rings (SSSR count). The Morgan fingerprint density at radius 3 is 2.62 bits per heavy atom. The van der Waals surface area contributed by atoms with Crippen molar-refractivity contribution in [3.63, 3.8) is 0 Å². The molecule has 1 aliphatic heterocycles. The SMILES string of the molecule is CCC1CCC(NCC2(C)CCOCC2)C1. The van der Waals surface area contributed by atoms with Crippen LogP contribution in [-0.2, 0) is 4.74 Å². The lowest BCUT2D eigenvalue weighted by Gasteiger charge is -2.34. The highest BCUT2D eigenvalue weighted by molar-refractivity contribution is 4.85. The summed E-state index contributed by atoms with van der Waals surface area (Å²) in [6.45, 7) is 7.85. The van der Waals surface area contributed by atoms with E-state index in [0.717, 1.165) is 25.2 Å². The second-order valence-electron chi connectivity index (χ2n) is 6.09. The number of nitrogens with one attached hydrogen (secondary N) is 1. The predicted octanol–water partition coefficient (Wildman–Crippen LogP) is 2.97. The first kappa shape index (κ1) is 12.4. The molecule has 0 bridgehead atoms. The molecule has 0 aromatic heterocycles. The van der Waals surface area contributed by atoms with Crippen molar-refractivity contribution in [1.29, 1.82) is 0 Å². The van der Waals surface area contributed by atoms with E-state index in [1.807, 2.05) is 0 Å². The summed E-state index contributed by atoms with van der Waals surface area (Å²) in [6, 6.07) is 0.796. The maximum atomic E-state index is 5.44. The van der Waals surface area contributed by atoms with Crippen LogP contribution in [0.5, 0.6) is 0 Å². The minimum Gasteiger partial charge on any atom is -0.381 e. The van der Waals surface area contributed by atoms with Gasteiger partial charge >= 0.3 is 0 Å². The van der Waals surface area contributed by atoms with E-state index in [1.165, 1.54) is 45.1 Å². The molecule has 1 heterocycles. The second kappa shape index (κ2) is 5.50. The smallest absolute Gasteiger partial charge is 0.0471 e. The highest BCUT2D eigenvalue weighted by Gasteiger charge is 2.29. The number of rotatable bonds is 4. The van der Waals surface area contributed by atoms with Crippen LogP contribution in [0.15, 0.2) is 0 Å². The lowest BCUT2D eigenvalue weighted by Crippen LogP contribution is -2.40. The van der Waals surface area contributed by atoms with Crippen LogP contribution in [0.1, 0.15) is 52.4 Å². The first-order chi connectivity index (χ1) is 7.72. The van der Waals surface area contributed by atoms with Crippen LogP contribution in [0, 0.1) is 11.3 Å². The summed E-state index contributed by atoms with van der Waals surface area (Å²) in [7, 11) is 0. The van der Waals surface area contributed by atoms with Gasteiger partial charge in [-0.2, -0.15) is 0 Å². The fraction of sp³-hybridized carbons (Fsp3) is 1.00. The molecule has 16 heavy (non-hydrogen) atoms. The van der Waals surface area contributed by atoms with Crippen LogP contribution < -0.4 is 5.32 Å². The molecule has 0 aromatic rings. The molecule has 1 saturated carbocycles. The molecule has 1 N–H and O–H groups in total. The van der Waals surface area contributed by atoms with Crippen molar-refractivity contribution >= 4 is 0 Å². The molecule has 1 saturated heterocycles. The molecule has 2 fully saturated rings. The van der Waals surface area contributed by atoms with E-state index in [-0.39, 0.29) is 0 Å². The number of ether oxygens (including phenoxy) is 1. The highest BCUT2D eigenvalue weighted by atomic mass is 16.5. The van der Waals surface area contributed by atoms with Gasteiger partial charge in [0.25, 0.3) is 0 Å². The topological polar surface area (TPSA) is 21.3 Å². The van der Waals surface area contributed by atoms with Gasteiger partial charge in [-0.05, 0) is 43.4 Å². The molecular formula is C14H27NO. The van der Waals surface area contributed by atoms with Gasteiger partial charge in [-0.25, -0.2) is 0 Å². The lowest BCUT2D eigenvalue weighted by molar-refractivity contribution is 0.0229. The zero-order valence-electron chi connectivity index (χ0n) is 10.9. The molecule has 2 unspecified atom stereocenters. The van der Waals surface area contributed by atoms with Crippen LogP contribution in [0.4, 0.5) is 0 Å². The standard InChI is InChI=1S/C14H27NO/c1-3-12-4-5-13(10-12)15-11-14(2)6-8-16-9-7-14/h12-13,15H,3-11H2,1-2H3. The average molecular weight is 225 g/mol. The molecule has 2 heteroatoms. The number of hydrogen-bond acceptors (Lipinski definition) is 2. The van der Waals surface area contributed by atoms with Gasteiger partial charge in [0.15, 0.2) is 0 Å². The third-order valence-corrected chi connectivity index (χ3v) is 4.64. The van der Waals surface area contributed by atoms with Crippen LogP contribution in [0.3, 0.4) is 0 Å². The monoisotopic (exact) mass is 225 g/mol. The summed E-state index contributed by atoms with van der Waals surface area (Å²) in [4.78, 5) is 0. The Hall–Kier alpha value is -0.0800. The predicted molar refractivity (Wildman–Crippen MR) is 67.6 cm³/mol. The van der Waals surface area contributed by atoms with E-state index >= 15 is 0 Å². The van der Waals surface area contributed by atoms with Crippen LogP contribution >= 0.6 is 0 Å². The number of hydrogen-bond donors (Lipinski definition) is 1. The van der Waals surface area contributed by atoms with Gasteiger partial charge in [0.1, 0.15) is 0 Å². The van der Waals surface area contributed by atoms with Crippen molar-refractivity contribution in [3.05, 3.63) is 0 Å². The average Bonchev–Trinajstić information content (AvgIpc) is 2.75. The maximum absolute atomic E-state index is 5.44. The van der Waals surface area contributed by atoms with Crippen molar-refractivity contribution in [1.82, 2.24) is 5.32 Å². The van der Waals surface area contributed by atoms with Gasteiger partial charge in [0.05, 0.1) is 0 Å². The first-order valence-electron chi connectivity index (χ1n) is 7.03. The van der Waals surface area contributed by atoms with Crippen LogP contribution in [0.2, 0.25) is 0 Å². The summed E-state index contributed by atoms with van der Waals surface area (Å²) in [5.74, 6) is 0.986. The molecule has 2 aliphatic rings. The third-order valence-electron chi connectivity index (χ3n) is 4.64. The van der Waals surface area contributed by atoms with E-state index in [9.17, 15) is 0 Å². The molecule has 2 atom stereocenters. The fourth-order valence-corrected chi connectivity index (χ4v) is 3.06. The van der Waals surface area contributed by atoms with E-state index in [4.69, 9.17) is 4.74 Å². The Labute approximate surface area is 100 Å². The fourth-order valence-electron chi connectivity index (χ4n) is 3.06. The van der Waals surface area contributed by atoms with Gasteiger partial charge in [-0.3, -0.25) is 0 Å². The molecular weight excluding hydrogens is 198 g/mol. The lowest BCUT2D eigenvalue weighted by atomic mass is 9.82. The Bertz CT molecular complexity index is 211. The van der Waals surface area contributed by atoms with Crippen molar-refractivity contribution in [2.45, 2.75) is 58.4 Å². The molecule has 0 amide bonds. The highest BCUT2D eigenvalue weighted by Crippen LogP contribution is 2.31. The molecule has 0 radical (unpaired) electrons. The summed E-state index contributed by atoms with van der Waals surface area (Å²) in [5, 5.41) is 3.80. The van der Waals surface area contributed by atoms with Gasteiger partial charge in [0.2, 0.25) is 0 Å². The van der Waals surface area contributed by atoms with Gasteiger partial charge in [-0.15, -0.1) is 0 Å². The minimum absolute atomic E-state index is 0.489. The van der Waals surface area contributed by atoms with Crippen LogP contribution in [-0.4, -0.2) is 25.8 Å². The van der Waals surface area contributed by atoms with Crippen LogP contribution in [0.25, 0.3) is 0 Å². The normalized spacial score (nSPS) is 34.1. The zero-order valence-corrected chi connectivity index (χ0v) is 10.9. The molecule has 1 aliphatic carbocycles. The zero-order chi connectivity index (χ0) is 11.4. The molecule has 0 spiro atoms. The van der Waals surface area contributed by atoms with Gasteiger partial charge in [-0.1, -0.05) is 20.3 Å². The summed E-state index contributed by atoms with van der Waals surface area (Å²) < 4.78 is 5.44. The summed E-state index contributed by atoms with van der Waals surface area (Å²) in [6.07, 6.45) is 8.05. The Kier molecular flexibility index (Phi) is 4.26. The third kappa shape index (κ3) is 3.21. The van der Waals surface area contributed by atoms with E-state index in [0.29, 0.717) is 5.41 Å². The maximum Gasteiger partial charge on any atom is 0.0471 e. The van der Waals surface area contributed by atoms with Gasteiger partial charge < -0.3 is 10.1 Å². The largest absolute Gasteiger partial charge is 0.381 e. The second-order valence-corrected chi connectivity index (χ2v) is 6.09. The minimum atomic E-state index is 0.489. The van der Waals surface area contributed by atoms with Crippen molar-refractivity contribution in [3.8, 4) is 0 Å². The van der Waals surface area contributed by atoms with Crippen molar-refractivity contribution in [2.24, 2.45) is 11.3 Å². The Morgan fingerprint density at radius 2 is 2.00 bits per heavy atom. The summed E-state index contributed by atoms with van der Waals surface area (Å²) in [5.41, 5.74) is 0.489. The van der Waals surface area contributed by atoms with Crippen molar-refractivity contribution < 1.29 is 4.74 Å². The first-order valence-corrected chi connectivity index (χ1v) is 7.03.